The molecule has 0 aliphatic carbocycles. The highest BCUT2D eigenvalue weighted by molar-refractivity contribution is 7.92. The Morgan fingerprint density at radius 1 is 1.14 bits per heavy atom. The fraction of sp³-hybridized carbons (Fsp3) is 0. The number of phenols is 1. The van der Waals surface area contributed by atoms with Crippen LogP contribution in [0.25, 0.3) is 0 Å². The highest BCUT2D eigenvalue weighted by atomic mass is 35.5. The van der Waals surface area contributed by atoms with Crippen molar-refractivity contribution < 1.29 is 23.4 Å². The van der Waals surface area contributed by atoms with Gasteiger partial charge in [0.05, 0.1) is 10.6 Å². The van der Waals surface area contributed by atoms with Crippen molar-refractivity contribution in [2.24, 2.45) is 0 Å². The van der Waals surface area contributed by atoms with Crippen LogP contribution in [0.4, 0.5) is 5.69 Å². The third-order valence-corrected chi connectivity index (χ3v) is 4.20. The molecule has 2 rings (SSSR count). The van der Waals surface area contributed by atoms with Crippen LogP contribution in [0.2, 0.25) is 5.02 Å². The van der Waals surface area contributed by atoms with Crippen LogP contribution < -0.4 is 4.72 Å². The number of aromatic carboxylic acids is 1. The number of aromatic hydroxyl groups is 1. The van der Waals surface area contributed by atoms with Crippen LogP contribution in [0.3, 0.4) is 0 Å². The number of carbonyl (C=O) groups is 1. The van der Waals surface area contributed by atoms with Gasteiger partial charge in [-0.2, -0.15) is 0 Å². The van der Waals surface area contributed by atoms with Gasteiger partial charge in [-0.15, -0.1) is 0 Å². The van der Waals surface area contributed by atoms with Crippen LogP contribution in [0, 0.1) is 0 Å². The molecule has 6 nitrogen and oxygen atoms in total. The number of carboxylic acid groups (broad SMARTS) is 1. The Labute approximate surface area is 125 Å². The third kappa shape index (κ3) is 3.45. The summed E-state index contributed by atoms with van der Waals surface area (Å²) in [6.07, 6.45) is 0. The molecule has 0 saturated carbocycles. The lowest BCUT2D eigenvalue weighted by molar-refractivity contribution is 0.0694. The first kappa shape index (κ1) is 15.1. The Hall–Kier alpha value is -2.25. The summed E-state index contributed by atoms with van der Waals surface area (Å²) >= 11 is 5.74. The summed E-state index contributed by atoms with van der Waals surface area (Å²) in [7, 11) is -3.88. The van der Waals surface area contributed by atoms with Crippen molar-refractivity contribution in [1.29, 1.82) is 0 Å². The summed E-state index contributed by atoms with van der Waals surface area (Å²) < 4.78 is 26.5. The number of rotatable bonds is 4. The van der Waals surface area contributed by atoms with Crippen molar-refractivity contribution in [3.8, 4) is 5.75 Å². The zero-order valence-corrected chi connectivity index (χ0v) is 12.0. The summed E-state index contributed by atoms with van der Waals surface area (Å²) in [4.78, 5) is 10.7. The van der Waals surface area contributed by atoms with Gasteiger partial charge in [-0.1, -0.05) is 17.7 Å². The molecule has 0 aliphatic rings. The largest absolute Gasteiger partial charge is 0.507 e. The zero-order valence-electron chi connectivity index (χ0n) is 10.4. The third-order valence-electron chi connectivity index (χ3n) is 2.59. The van der Waals surface area contributed by atoms with E-state index in [4.69, 9.17) is 16.7 Å². The second kappa shape index (κ2) is 5.63. The van der Waals surface area contributed by atoms with E-state index in [9.17, 15) is 18.3 Å². The number of sulfonamides is 1. The van der Waals surface area contributed by atoms with E-state index in [1.807, 2.05) is 0 Å². The number of halogens is 1. The molecule has 0 saturated heterocycles. The van der Waals surface area contributed by atoms with Crippen molar-refractivity contribution in [3.05, 3.63) is 53.1 Å². The van der Waals surface area contributed by atoms with Crippen LogP contribution in [0.5, 0.6) is 5.75 Å². The van der Waals surface area contributed by atoms with Crippen molar-refractivity contribution in [1.82, 2.24) is 0 Å². The van der Waals surface area contributed by atoms with E-state index in [1.165, 1.54) is 30.3 Å². The van der Waals surface area contributed by atoms with Crippen molar-refractivity contribution in [2.45, 2.75) is 4.90 Å². The molecule has 2 aromatic rings. The summed E-state index contributed by atoms with van der Waals surface area (Å²) in [6, 6.07) is 9.02. The van der Waals surface area contributed by atoms with Gasteiger partial charge in [-0.05, 0) is 30.3 Å². The van der Waals surface area contributed by atoms with Gasteiger partial charge in [0.15, 0.2) is 0 Å². The lowest BCUT2D eigenvalue weighted by atomic mass is 10.2. The molecule has 8 heteroatoms. The first-order valence-electron chi connectivity index (χ1n) is 5.64. The Morgan fingerprint density at radius 3 is 2.43 bits per heavy atom. The molecule has 110 valence electrons. The predicted octanol–water partition coefficient (Wildman–Crippen LogP) is 2.54. The first-order chi connectivity index (χ1) is 9.79. The average molecular weight is 328 g/mol. The maximum absolute atomic E-state index is 12.1. The predicted molar refractivity (Wildman–Crippen MR) is 77.3 cm³/mol. The van der Waals surface area contributed by atoms with Gasteiger partial charge in [0, 0.05) is 11.1 Å². The minimum atomic E-state index is -3.88. The average Bonchev–Trinajstić information content (AvgIpc) is 2.37. The summed E-state index contributed by atoms with van der Waals surface area (Å²) in [5, 5.41) is 18.6. The first-order valence-corrected chi connectivity index (χ1v) is 7.50. The van der Waals surface area contributed by atoms with E-state index in [1.54, 1.807) is 0 Å². The van der Waals surface area contributed by atoms with Crippen molar-refractivity contribution in [3.63, 3.8) is 0 Å². The molecule has 0 atom stereocenters. The Balaban J connectivity index is 2.33. The molecule has 0 spiro atoms. The zero-order chi connectivity index (χ0) is 15.6. The van der Waals surface area contributed by atoms with Gasteiger partial charge in [-0.3, -0.25) is 4.72 Å². The minimum absolute atomic E-state index is 0.0393. The highest BCUT2D eigenvalue weighted by Crippen LogP contribution is 2.24. The van der Waals surface area contributed by atoms with Crippen LogP contribution in [0.1, 0.15) is 10.4 Å². The van der Waals surface area contributed by atoms with Crippen LogP contribution in [0.15, 0.2) is 47.4 Å². The molecular formula is C13H10ClNO5S. The summed E-state index contributed by atoms with van der Waals surface area (Å²) in [5.74, 6) is -1.84. The highest BCUT2D eigenvalue weighted by Gasteiger charge is 2.16. The molecule has 0 heterocycles. The van der Waals surface area contributed by atoms with E-state index in [0.717, 1.165) is 12.1 Å². The topological polar surface area (TPSA) is 104 Å². The van der Waals surface area contributed by atoms with Gasteiger partial charge < -0.3 is 10.2 Å². The molecule has 0 aliphatic heterocycles. The van der Waals surface area contributed by atoms with Gasteiger partial charge in [0.1, 0.15) is 11.3 Å². The standard InChI is InChI=1S/C13H10ClNO5S/c14-8-2-1-3-10(6-8)21(19,20)15-9-4-5-11(13(17)18)12(16)7-9/h1-7,15-16H,(H,17,18). The molecule has 3 N–H and O–H groups in total. The SMILES string of the molecule is O=C(O)c1ccc(NS(=O)(=O)c2cccc(Cl)c2)cc1O. The molecule has 0 amide bonds. The second-order valence-corrected chi connectivity index (χ2v) is 6.22. The van der Waals surface area contributed by atoms with Crippen molar-refractivity contribution in [2.75, 3.05) is 4.72 Å². The molecule has 0 bridgehead atoms. The number of anilines is 1. The van der Waals surface area contributed by atoms with E-state index in [2.05, 4.69) is 4.72 Å². The molecular weight excluding hydrogens is 318 g/mol. The number of hydrogen-bond donors (Lipinski definition) is 3. The molecule has 0 aromatic heterocycles. The van der Waals surface area contributed by atoms with Crippen LogP contribution in [-0.4, -0.2) is 24.6 Å². The number of carboxylic acids is 1. The number of nitrogens with one attached hydrogen (secondary N) is 1. The van der Waals surface area contributed by atoms with Gasteiger partial charge in [0.2, 0.25) is 0 Å². The van der Waals surface area contributed by atoms with Gasteiger partial charge >= 0.3 is 5.97 Å². The van der Waals surface area contributed by atoms with E-state index in [0.29, 0.717) is 0 Å². The maximum atomic E-state index is 12.1. The van der Waals surface area contributed by atoms with Gasteiger partial charge in [0.25, 0.3) is 10.0 Å². The fourth-order valence-corrected chi connectivity index (χ4v) is 2.97. The summed E-state index contributed by atoms with van der Waals surface area (Å²) in [6.45, 7) is 0. The summed E-state index contributed by atoms with van der Waals surface area (Å²) in [5.41, 5.74) is -0.279. The lowest BCUT2D eigenvalue weighted by Gasteiger charge is -2.09. The molecule has 0 radical (unpaired) electrons. The van der Waals surface area contributed by atoms with Crippen LogP contribution in [-0.2, 0) is 10.0 Å². The fourth-order valence-electron chi connectivity index (χ4n) is 1.62. The van der Waals surface area contributed by atoms with E-state index < -0.39 is 21.7 Å². The smallest absolute Gasteiger partial charge is 0.339 e. The maximum Gasteiger partial charge on any atom is 0.339 e. The minimum Gasteiger partial charge on any atom is -0.507 e. The Kier molecular flexibility index (Phi) is 4.06. The monoisotopic (exact) mass is 327 g/mol. The number of hydrogen-bond acceptors (Lipinski definition) is 4. The Morgan fingerprint density at radius 2 is 1.86 bits per heavy atom. The molecule has 0 unspecified atom stereocenters. The normalized spacial score (nSPS) is 11.1. The van der Waals surface area contributed by atoms with Crippen molar-refractivity contribution >= 4 is 33.3 Å². The quantitative estimate of drug-likeness (QED) is 0.800. The van der Waals surface area contributed by atoms with Crippen LogP contribution >= 0.6 is 11.6 Å². The second-order valence-electron chi connectivity index (χ2n) is 4.10. The van der Waals surface area contributed by atoms with E-state index in [-0.39, 0.29) is 21.2 Å². The molecule has 2 aromatic carbocycles. The Bertz CT molecular complexity index is 804. The lowest BCUT2D eigenvalue weighted by Crippen LogP contribution is -2.13. The van der Waals surface area contributed by atoms with Gasteiger partial charge in [-0.25, -0.2) is 13.2 Å². The van der Waals surface area contributed by atoms with E-state index >= 15 is 0 Å². The molecule has 21 heavy (non-hydrogen) atoms. The number of benzene rings is 2. The molecule has 0 fully saturated rings.